The molecule has 1 aromatic heterocycles. The Bertz CT molecular complexity index is 769. The van der Waals surface area contributed by atoms with Crippen molar-refractivity contribution < 1.29 is 9.72 Å². The Labute approximate surface area is 152 Å². The van der Waals surface area contributed by atoms with E-state index in [9.17, 15) is 14.9 Å². The standard InChI is InChI=1S/C16H18BrN5O3/c17-13-14(19-20-15(13)22(24)25)16(23)18-12-6-4-11(5-7-12)10-21-8-2-1-3-9-21/h4-7H,1-3,8-10H2,(H,18,23)(H,19,20). The van der Waals surface area contributed by atoms with E-state index in [1.165, 1.54) is 24.8 Å². The number of nitro groups is 1. The third-order valence-electron chi connectivity index (χ3n) is 4.15. The zero-order valence-corrected chi connectivity index (χ0v) is 15.1. The number of halogens is 1. The van der Waals surface area contributed by atoms with Crippen molar-refractivity contribution in [3.8, 4) is 0 Å². The van der Waals surface area contributed by atoms with Crippen LogP contribution >= 0.6 is 15.9 Å². The molecule has 132 valence electrons. The van der Waals surface area contributed by atoms with Crippen LogP contribution in [0.2, 0.25) is 0 Å². The molecule has 25 heavy (non-hydrogen) atoms. The molecule has 2 heterocycles. The maximum atomic E-state index is 12.2. The number of nitrogens with zero attached hydrogens (tertiary/aromatic N) is 3. The van der Waals surface area contributed by atoms with Gasteiger partial charge < -0.3 is 15.4 Å². The van der Waals surface area contributed by atoms with Gasteiger partial charge in [-0.25, -0.2) is 0 Å². The van der Waals surface area contributed by atoms with Gasteiger partial charge in [0.05, 0.1) is 0 Å². The Morgan fingerprint density at radius 2 is 1.96 bits per heavy atom. The minimum absolute atomic E-state index is 0.0386. The summed E-state index contributed by atoms with van der Waals surface area (Å²) in [5, 5.41) is 19.4. The molecule has 8 nitrogen and oxygen atoms in total. The third-order valence-corrected chi connectivity index (χ3v) is 4.90. The Morgan fingerprint density at radius 3 is 2.56 bits per heavy atom. The molecule has 0 aliphatic carbocycles. The highest BCUT2D eigenvalue weighted by molar-refractivity contribution is 9.10. The van der Waals surface area contributed by atoms with Crippen LogP contribution in [0.5, 0.6) is 0 Å². The molecule has 1 aliphatic heterocycles. The van der Waals surface area contributed by atoms with Gasteiger partial charge in [-0.15, -0.1) is 5.10 Å². The van der Waals surface area contributed by atoms with Gasteiger partial charge in [-0.05, 0) is 64.5 Å². The fourth-order valence-corrected chi connectivity index (χ4v) is 3.35. The maximum absolute atomic E-state index is 12.2. The topological polar surface area (TPSA) is 104 Å². The van der Waals surface area contributed by atoms with Gasteiger partial charge in [0.2, 0.25) is 0 Å². The van der Waals surface area contributed by atoms with E-state index in [2.05, 4.69) is 36.3 Å². The second-order valence-electron chi connectivity index (χ2n) is 5.98. The van der Waals surface area contributed by atoms with E-state index in [4.69, 9.17) is 0 Å². The number of piperidine rings is 1. The first-order chi connectivity index (χ1) is 12.0. The molecule has 1 fully saturated rings. The summed E-state index contributed by atoms with van der Waals surface area (Å²) in [7, 11) is 0. The Hall–Kier alpha value is -2.26. The summed E-state index contributed by atoms with van der Waals surface area (Å²) in [5.74, 6) is -0.859. The van der Waals surface area contributed by atoms with Crippen LogP contribution in [0.3, 0.4) is 0 Å². The summed E-state index contributed by atoms with van der Waals surface area (Å²) in [6, 6.07) is 7.61. The summed E-state index contributed by atoms with van der Waals surface area (Å²) in [6.07, 6.45) is 3.81. The van der Waals surface area contributed by atoms with E-state index in [1.54, 1.807) is 0 Å². The lowest BCUT2D eigenvalue weighted by molar-refractivity contribution is -0.390. The van der Waals surface area contributed by atoms with Crippen LogP contribution in [0, 0.1) is 10.1 Å². The smallest absolute Gasteiger partial charge is 0.357 e. The number of aromatic amines is 1. The molecule has 1 aliphatic rings. The number of likely N-dealkylation sites (tertiary alicyclic amines) is 1. The molecule has 0 bridgehead atoms. The lowest BCUT2D eigenvalue weighted by Gasteiger charge is -2.26. The lowest BCUT2D eigenvalue weighted by Crippen LogP contribution is -2.29. The predicted octanol–water partition coefficient (Wildman–Crippen LogP) is 3.32. The highest BCUT2D eigenvalue weighted by atomic mass is 79.9. The van der Waals surface area contributed by atoms with Crippen molar-refractivity contribution in [2.45, 2.75) is 25.8 Å². The molecule has 0 spiro atoms. The van der Waals surface area contributed by atoms with Crippen LogP contribution < -0.4 is 5.32 Å². The first kappa shape index (κ1) is 17.6. The van der Waals surface area contributed by atoms with Gasteiger partial charge in [-0.3, -0.25) is 9.69 Å². The summed E-state index contributed by atoms with van der Waals surface area (Å²) in [6.45, 7) is 3.17. The summed E-state index contributed by atoms with van der Waals surface area (Å²) in [5.41, 5.74) is 1.76. The lowest BCUT2D eigenvalue weighted by atomic mass is 10.1. The molecule has 2 N–H and O–H groups in total. The van der Waals surface area contributed by atoms with E-state index in [-0.39, 0.29) is 16.0 Å². The first-order valence-electron chi connectivity index (χ1n) is 8.05. The zero-order valence-electron chi connectivity index (χ0n) is 13.5. The van der Waals surface area contributed by atoms with Gasteiger partial charge in [0, 0.05) is 12.2 Å². The van der Waals surface area contributed by atoms with Gasteiger partial charge in [0.25, 0.3) is 5.91 Å². The summed E-state index contributed by atoms with van der Waals surface area (Å²) < 4.78 is 0.0386. The van der Waals surface area contributed by atoms with Crippen LogP contribution in [-0.4, -0.2) is 39.0 Å². The Balaban J connectivity index is 1.63. The number of anilines is 1. The molecule has 1 saturated heterocycles. The van der Waals surface area contributed by atoms with Crippen LogP contribution in [0.1, 0.15) is 35.3 Å². The van der Waals surface area contributed by atoms with Gasteiger partial charge in [-0.2, -0.15) is 0 Å². The normalized spacial score (nSPS) is 15.1. The zero-order chi connectivity index (χ0) is 17.8. The van der Waals surface area contributed by atoms with Crippen molar-refractivity contribution in [3.05, 3.63) is 50.1 Å². The van der Waals surface area contributed by atoms with Crippen LogP contribution in [0.4, 0.5) is 11.5 Å². The number of benzene rings is 1. The molecule has 0 radical (unpaired) electrons. The number of carbonyl (C=O) groups is 1. The third kappa shape index (κ3) is 4.23. The van der Waals surface area contributed by atoms with Gasteiger partial charge in [0.15, 0.2) is 5.69 Å². The quantitative estimate of drug-likeness (QED) is 0.584. The van der Waals surface area contributed by atoms with E-state index in [0.717, 1.165) is 19.6 Å². The van der Waals surface area contributed by atoms with Crippen LogP contribution in [0.15, 0.2) is 28.7 Å². The molecule has 1 amide bonds. The molecule has 0 atom stereocenters. The molecular weight excluding hydrogens is 390 g/mol. The minimum atomic E-state index is -0.636. The molecule has 1 aromatic carbocycles. The molecule has 9 heteroatoms. The van der Waals surface area contributed by atoms with E-state index in [1.807, 2.05) is 24.3 Å². The molecular formula is C16H18BrN5O3. The van der Waals surface area contributed by atoms with E-state index >= 15 is 0 Å². The Morgan fingerprint density at radius 1 is 1.28 bits per heavy atom. The monoisotopic (exact) mass is 407 g/mol. The van der Waals surface area contributed by atoms with Crippen molar-refractivity contribution in [2.75, 3.05) is 18.4 Å². The van der Waals surface area contributed by atoms with Crippen molar-refractivity contribution >= 4 is 33.3 Å². The number of hydrogen-bond donors (Lipinski definition) is 2. The molecule has 0 unspecified atom stereocenters. The summed E-state index contributed by atoms with van der Waals surface area (Å²) >= 11 is 3.03. The SMILES string of the molecule is O=C(Nc1ccc(CN2CCCCC2)cc1)c1n[nH]c([N+](=O)[O-])c1Br. The Kier molecular flexibility index (Phi) is 5.44. The molecule has 2 aromatic rings. The number of nitrogens with one attached hydrogen (secondary N) is 2. The average Bonchev–Trinajstić information content (AvgIpc) is 2.99. The number of H-pyrrole nitrogens is 1. The van der Waals surface area contributed by atoms with Crippen LogP contribution in [0.25, 0.3) is 0 Å². The van der Waals surface area contributed by atoms with E-state index < -0.39 is 10.8 Å². The fourth-order valence-electron chi connectivity index (χ4n) is 2.85. The van der Waals surface area contributed by atoms with E-state index in [0.29, 0.717) is 5.69 Å². The minimum Gasteiger partial charge on any atom is -0.358 e. The fraction of sp³-hybridized carbons (Fsp3) is 0.375. The molecule has 3 rings (SSSR count). The second kappa shape index (κ2) is 7.75. The predicted molar refractivity (Wildman–Crippen MR) is 96.5 cm³/mol. The van der Waals surface area contributed by atoms with Crippen molar-refractivity contribution in [2.24, 2.45) is 0 Å². The highest BCUT2D eigenvalue weighted by Crippen LogP contribution is 2.26. The van der Waals surface area contributed by atoms with Gasteiger partial charge in [0.1, 0.15) is 4.47 Å². The molecule has 0 saturated carbocycles. The average molecular weight is 408 g/mol. The maximum Gasteiger partial charge on any atom is 0.357 e. The highest BCUT2D eigenvalue weighted by Gasteiger charge is 2.24. The largest absolute Gasteiger partial charge is 0.358 e. The summed E-state index contributed by atoms with van der Waals surface area (Å²) in [4.78, 5) is 24.8. The number of hydrogen-bond acceptors (Lipinski definition) is 5. The number of aromatic nitrogens is 2. The number of carbonyl (C=O) groups excluding carboxylic acids is 1. The van der Waals surface area contributed by atoms with Gasteiger partial charge >= 0.3 is 5.82 Å². The van der Waals surface area contributed by atoms with Crippen LogP contribution in [-0.2, 0) is 6.54 Å². The number of rotatable bonds is 5. The first-order valence-corrected chi connectivity index (χ1v) is 8.85. The number of amides is 1. The van der Waals surface area contributed by atoms with Crippen molar-refractivity contribution in [1.82, 2.24) is 15.1 Å². The van der Waals surface area contributed by atoms with Crippen molar-refractivity contribution in [3.63, 3.8) is 0 Å². The van der Waals surface area contributed by atoms with Gasteiger partial charge in [-0.1, -0.05) is 23.7 Å². The van der Waals surface area contributed by atoms with Crippen molar-refractivity contribution in [1.29, 1.82) is 0 Å². The second-order valence-corrected chi connectivity index (χ2v) is 6.77.